The molecule has 2 aliphatic heterocycles. The van der Waals surface area contributed by atoms with Crippen LogP contribution in [-0.4, -0.2) is 26.5 Å². The maximum absolute atomic E-state index is 3.91. The van der Waals surface area contributed by atoms with Gasteiger partial charge < -0.3 is 13.1 Å². The van der Waals surface area contributed by atoms with Gasteiger partial charge in [0.05, 0.1) is 22.6 Å². The Hall–Kier alpha value is 0.240. The molecule has 37 heavy (non-hydrogen) atoms. The van der Waals surface area contributed by atoms with Crippen molar-refractivity contribution in [1.29, 1.82) is 0 Å². The number of benzene rings is 2. The third-order valence-electron chi connectivity index (χ3n) is 6.55. The Labute approximate surface area is 246 Å². The molecule has 0 bridgehead atoms. The third kappa shape index (κ3) is 11.0. The van der Waals surface area contributed by atoms with E-state index in [-0.39, 0.29) is 16.8 Å². The molecule has 5 heteroatoms. The van der Waals surface area contributed by atoms with Crippen LogP contribution in [0.1, 0.15) is 75.1 Å². The molecule has 4 atom stereocenters. The molecule has 0 aromatic heterocycles. The van der Waals surface area contributed by atoms with Crippen LogP contribution in [-0.2, 0) is 29.1 Å². The van der Waals surface area contributed by atoms with Crippen molar-refractivity contribution in [1.82, 2.24) is 0 Å². The van der Waals surface area contributed by atoms with E-state index in [9.17, 15) is 0 Å². The van der Waals surface area contributed by atoms with Gasteiger partial charge in [-0.1, -0.05) is 87.8 Å². The first-order chi connectivity index (χ1) is 16.2. The van der Waals surface area contributed by atoms with Gasteiger partial charge in [-0.15, -0.1) is 16.1 Å². The molecule has 0 spiro atoms. The van der Waals surface area contributed by atoms with E-state index < -0.39 is 32.0 Å². The van der Waals surface area contributed by atoms with Gasteiger partial charge in [0.25, 0.3) is 0 Å². The van der Waals surface area contributed by atoms with Crippen molar-refractivity contribution >= 4 is 32.0 Å². The fourth-order valence-electron chi connectivity index (χ4n) is 5.23. The number of hydrogen-bond donors (Lipinski definition) is 0. The summed E-state index contributed by atoms with van der Waals surface area (Å²) in [6, 6.07) is 18.8. The second-order valence-corrected chi connectivity index (χ2v) is 32.7. The zero-order chi connectivity index (χ0) is 27.7. The molecule has 209 valence electrons. The van der Waals surface area contributed by atoms with Crippen LogP contribution in [0.25, 0.3) is 0 Å². The van der Waals surface area contributed by atoms with E-state index in [1.54, 1.807) is 22.3 Å². The van der Waals surface area contributed by atoms with Crippen molar-refractivity contribution in [2.45, 2.75) is 115 Å². The van der Waals surface area contributed by atoms with E-state index in [1.807, 2.05) is 0 Å². The second-order valence-electron chi connectivity index (χ2n) is 15.4. The molecule has 4 rings (SSSR count). The summed E-state index contributed by atoms with van der Waals surface area (Å²) in [7, 11) is -2.75. The van der Waals surface area contributed by atoms with Crippen LogP contribution in [0.4, 0.5) is 0 Å². The summed E-state index contributed by atoms with van der Waals surface area (Å²) >= 11 is 0. The predicted molar refractivity (Wildman–Crippen MR) is 179 cm³/mol. The van der Waals surface area contributed by atoms with Crippen LogP contribution in [0.2, 0.25) is 39.3 Å². The van der Waals surface area contributed by atoms with Crippen molar-refractivity contribution in [3.05, 3.63) is 83.9 Å². The van der Waals surface area contributed by atoms with Gasteiger partial charge in [-0.3, -0.25) is 0 Å². The summed E-state index contributed by atoms with van der Waals surface area (Å²) in [4.78, 5) is 0. The van der Waals surface area contributed by atoms with Crippen molar-refractivity contribution in [2.75, 3.05) is 0 Å². The standard InChI is InChI=1S/C24H32P2.2C4H11Si.Co/c1-23(2,3)25-15-17-11-7-9-13-19(17)21(25)22-20-14-10-8-12-18(20)16-26(22)24(4,5)6;2*1-5(2,3)4;/h7-14,21-22H,15-16H2,1-6H3;2*1H2,2-4H3;/q;2*-1;+2/p+2. The average Bonchev–Trinajstić information content (AvgIpc) is 3.23. The van der Waals surface area contributed by atoms with Crippen LogP contribution in [0.3, 0.4) is 0 Å². The molecular weight excluding hydrogens is 561 g/mol. The van der Waals surface area contributed by atoms with E-state index in [4.69, 9.17) is 0 Å². The predicted octanol–water partition coefficient (Wildman–Crippen LogP) is 10.9. The monoisotopic (exact) mass is 617 g/mol. The van der Waals surface area contributed by atoms with Gasteiger partial charge >= 0.3 is 16.8 Å². The number of fused-ring (bicyclic) bond motifs is 2. The summed E-state index contributed by atoms with van der Waals surface area (Å²) < 4.78 is 0. The van der Waals surface area contributed by atoms with Gasteiger partial charge in [-0.25, -0.2) is 0 Å². The quantitative estimate of drug-likeness (QED) is 0.170. The normalized spacial score (nSPS) is 23.0. The topological polar surface area (TPSA) is 0 Å². The third-order valence-corrected chi connectivity index (χ3v) is 15.1. The smallest absolute Gasteiger partial charge is 0.342 e. The molecule has 1 radical (unpaired) electrons. The van der Waals surface area contributed by atoms with Crippen LogP contribution >= 0.6 is 15.8 Å². The Morgan fingerprint density at radius 3 is 1.08 bits per heavy atom. The Bertz CT molecular complexity index is 900. The van der Waals surface area contributed by atoms with E-state index in [2.05, 4.69) is 142 Å². The summed E-state index contributed by atoms with van der Waals surface area (Å²) in [5.74, 6) is 0. The molecule has 2 aliphatic rings. The molecule has 0 nitrogen and oxygen atoms in total. The van der Waals surface area contributed by atoms with Crippen LogP contribution in [0.5, 0.6) is 0 Å². The van der Waals surface area contributed by atoms with Gasteiger partial charge in [-0.2, -0.15) is 0 Å². The summed E-state index contributed by atoms with van der Waals surface area (Å²) in [5.41, 5.74) is 8.28. The maximum Gasteiger partial charge on any atom is 2.00 e. The largest absolute Gasteiger partial charge is 2.00 e. The maximum atomic E-state index is 3.91. The summed E-state index contributed by atoms with van der Waals surface area (Å²) in [6.07, 6.45) is 2.71. The van der Waals surface area contributed by atoms with E-state index in [0.717, 1.165) is 11.3 Å². The summed E-state index contributed by atoms with van der Waals surface area (Å²) in [5, 5.41) is 0.882. The number of rotatable bonds is 1. The van der Waals surface area contributed by atoms with Gasteiger partial charge in [-0.05, 0) is 52.7 Å². The fourth-order valence-corrected chi connectivity index (χ4v) is 13.7. The molecule has 0 amide bonds. The average molecular weight is 618 g/mol. The van der Waals surface area contributed by atoms with Crippen LogP contribution in [0.15, 0.2) is 48.5 Å². The number of hydrogen-bond acceptors (Lipinski definition) is 0. The minimum absolute atomic E-state index is 0. The fraction of sp³-hybridized carbons (Fsp3) is 0.562. The Balaban J connectivity index is 0.000000534. The zero-order valence-corrected chi connectivity index (χ0v) is 31.0. The molecule has 0 N–H and O–H groups in total. The Kier molecular flexibility index (Phi) is 12.6. The summed E-state index contributed by atoms with van der Waals surface area (Å²) in [6.45, 7) is 36.1. The van der Waals surface area contributed by atoms with Gasteiger partial charge in [0.1, 0.15) is 11.3 Å². The Morgan fingerprint density at radius 1 is 0.595 bits per heavy atom. The first-order valence-corrected chi connectivity index (χ1v) is 24.7. The molecular formula is C32H56CoP2Si2+2. The molecule has 2 aromatic rings. The van der Waals surface area contributed by atoms with Gasteiger partial charge in [0, 0.05) is 27.0 Å². The van der Waals surface area contributed by atoms with Gasteiger partial charge in [0.2, 0.25) is 0 Å². The van der Waals surface area contributed by atoms with Crippen LogP contribution < -0.4 is 0 Å². The molecule has 4 unspecified atom stereocenters. The van der Waals surface area contributed by atoms with E-state index in [0.29, 0.717) is 10.3 Å². The van der Waals surface area contributed by atoms with Gasteiger partial charge in [0.15, 0.2) is 0 Å². The molecule has 2 aromatic carbocycles. The molecule has 0 fully saturated rings. The first kappa shape index (κ1) is 35.3. The van der Waals surface area contributed by atoms with Crippen LogP contribution in [0, 0.1) is 13.1 Å². The zero-order valence-electron chi connectivity index (χ0n) is 25.9. The van der Waals surface area contributed by atoms with E-state index in [1.165, 1.54) is 12.3 Å². The second kappa shape index (κ2) is 13.3. The molecule has 2 heterocycles. The van der Waals surface area contributed by atoms with Crippen molar-refractivity contribution in [3.8, 4) is 0 Å². The van der Waals surface area contributed by atoms with Crippen molar-refractivity contribution in [2.24, 2.45) is 0 Å². The molecule has 0 saturated heterocycles. The minimum atomic E-state index is -0.861. The Morgan fingerprint density at radius 2 is 0.838 bits per heavy atom. The van der Waals surface area contributed by atoms with E-state index >= 15 is 0 Å². The first-order valence-electron chi connectivity index (χ1n) is 13.8. The minimum Gasteiger partial charge on any atom is -0.342 e. The molecule has 0 saturated carbocycles. The molecule has 0 aliphatic carbocycles. The van der Waals surface area contributed by atoms with Crippen molar-refractivity contribution < 1.29 is 16.8 Å². The SMILES string of the molecule is CC(C)(C)[PH+]1Cc2ccccc2C1C1c2ccccc2C[PH+]1C(C)(C)C.[CH2-][Si](C)(C)C.[CH2-][Si](C)(C)C.[Co+2]. The van der Waals surface area contributed by atoms with Crippen molar-refractivity contribution in [3.63, 3.8) is 0 Å².